The molecule has 0 radical (unpaired) electrons. The summed E-state index contributed by atoms with van der Waals surface area (Å²) in [5.41, 5.74) is 3.31. The summed E-state index contributed by atoms with van der Waals surface area (Å²) < 4.78 is 0. The van der Waals surface area contributed by atoms with Crippen LogP contribution >= 0.6 is 0 Å². The molecule has 2 aromatic carbocycles. The van der Waals surface area contributed by atoms with Crippen molar-refractivity contribution in [1.29, 1.82) is 0 Å². The quantitative estimate of drug-likeness (QED) is 0.489. The molecule has 9 heteroatoms. The van der Waals surface area contributed by atoms with E-state index < -0.39 is 10.8 Å². The largest absolute Gasteiger partial charge is 0.326 e. The Morgan fingerprint density at radius 1 is 1.22 bits per heavy atom. The highest BCUT2D eigenvalue weighted by Gasteiger charge is 2.26. The highest BCUT2D eigenvalue weighted by molar-refractivity contribution is 6.11. The van der Waals surface area contributed by atoms with Crippen LogP contribution in [0.4, 0.5) is 11.4 Å². The number of nitro groups is 1. The van der Waals surface area contributed by atoms with Crippen molar-refractivity contribution in [3.63, 3.8) is 0 Å². The molecule has 3 rings (SSSR count). The lowest BCUT2D eigenvalue weighted by atomic mass is 10.2. The van der Waals surface area contributed by atoms with Gasteiger partial charge in [0.2, 0.25) is 0 Å². The molecular weight excluding hydrogens is 350 g/mol. The van der Waals surface area contributed by atoms with Crippen LogP contribution in [0.5, 0.6) is 0 Å². The lowest BCUT2D eigenvalue weighted by molar-refractivity contribution is -0.384. The fraction of sp³-hybridized carbons (Fsp3) is 0.0556. The summed E-state index contributed by atoms with van der Waals surface area (Å²) >= 11 is 0. The Morgan fingerprint density at radius 3 is 2.67 bits per heavy atom. The van der Waals surface area contributed by atoms with Crippen molar-refractivity contribution in [2.45, 2.75) is 6.92 Å². The number of amidine groups is 1. The van der Waals surface area contributed by atoms with Crippen molar-refractivity contribution in [2.24, 2.45) is 4.99 Å². The molecule has 0 unspecified atom stereocenters. The molecule has 27 heavy (non-hydrogen) atoms. The van der Waals surface area contributed by atoms with Crippen LogP contribution in [-0.4, -0.2) is 22.6 Å². The van der Waals surface area contributed by atoms with E-state index in [2.05, 4.69) is 15.7 Å². The van der Waals surface area contributed by atoms with E-state index in [0.29, 0.717) is 11.4 Å². The van der Waals surface area contributed by atoms with Gasteiger partial charge in [0.05, 0.1) is 10.6 Å². The second-order valence-electron chi connectivity index (χ2n) is 5.60. The van der Waals surface area contributed by atoms with Crippen LogP contribution in [0.2, 0.25) is 0 Å². The third-order valence-electron chi connectivity index (χ3n) is 3.66. The number of nitro benzene ring substituents is 1. The fourth-order valence-electron chi connectivity index (χ4n) is 2.41. The van der Waals surface area contributed by atoms with E-state index in [1.54, 1.807) is 43.3 Å². The van der Waals surface area contributed by atoms with E-state index in [0.717, 1.165) is 5.01 Å². The van der Waals surface area contributed by atoms with Crippen molar-refractivity contribution in [3.05, 3.63) is 82.2 Å². The zero-order valence-corrected chi connectivity index (χ0v) is 14.2. The van der Waals surface area contributed by atoms with Gasteiger partial charge in [-0.05, 0) is 25.1 Å². The second-order valence-corrected chi connectivity index (χ2v) is 5.60. The number of anilines is 1. The van der Waals surface area contributed by atoms with E-state index in [-0.39, 0.29) is 23.0 Å². The number of hydrazine groups is 1. The van der Waals surface area contributed by atoms with E-state index in [9.17, 15) is 19.7 Å². The Bertz CT molecular complexity index is 969. The zero-order chi connectivity index (χ0) is 19.4. The van der Waals surface area contributed by atoms with E-state index in [4.69, 9.17) is 0 Å². The zero-order valence-electron chi connectivity index (χ0n) is 14.2. The van der Waals surface area contributed by atoms with Crippen LogP contribution in [0.15, 0.2) is 71.5 Å². The smallest absolute Gasteiger partial charge is 0.297 e. The molecule has 0 atom stereocenters. The highest BCUT2D eigenvalue weighted by atomic mass is 16.6. The Hall–Kier alpha value is -4.01. The van der Waals surface area contributed by atoms with Gasteiger partial charge < -0.3 is 5.32 Å². The van der Waals surface area contributed by atoms with E-state index in [1.807, 2.05) is 0 Å². The first kappa shape index (κ1) is 17.8. The number of benzene rings is 2. The van der Waals surface area contributed by atoms with Crippen LogP contribution < -0.4 is 15.8 Å². The minimum Gasteiger partial charge on any atom is -0.326 e. The number of nitrogens with zero attached hydrogens (tertiary/aromatic N) is 3. The van der Waals surface area contributed by atoms with Gasteiger partial charge in [0.15, 0.2) is 0 Å². The lowest BCUT2D eigenvalue weighted by Gasteiger charge is -2.27. The van der Waals surface area contributed by atoms with Gasteiger partial charge in [0, 0.05) is 23.9 Å². The fourth-order valence-corrected chi connectivity index (χ4v) is 2.41. The Labute approximate surface area is 154 Å². The predicted molar refractivity (Wildman–Crippen MR) is 98.8 cm³/mol. The molecule has 136 valence electrons. The number of aliphatic imine (C=N–C) groups is 1. The van der Waals surface area contributed by atoms with Gasteiger partial charge in [-0.3, -0.25) is 25.1 Å². The second kappa shape index (κ2) is 7.48. The Kier molecular flexibility index (Phi) is 4.93. The van der Waals surface area contributed by atoms with Crippen molar-refractivity contribution in [2.75, 3.05) is 5.01 Å². The number of amides is 2. The van der Waals surface area contributed by atoms with Crippen molar-refractivity contribution in [3.8, 4) is 0 Å². The number of rotatable bonds is 4. The topological polar surface area (TPSA) is 117 Å². The highest BCUT2D eigenvalue weighted by Crippen LogP contribution is 2.23. The minimum atomic E-state index is -0.561. The average Bonchev–Trinajstić information content (AvgIpc) is 2.68. The molecule has 0 fully saturated rings. The van der Waals surface area contributed by atoms with Gasteiger partial charge >= 0.3 is 0 Å². The van der Waals surface area contributed by atoms with Crippen molar-refractivity contribution in [1.82, 2.24) is 10.7 Å². The third kappa shape index (κ3) is 3.98. The van der Waals surface area contributed by atoms with Gasteiger partial charge in [-0.25, -0.2) is 10.0 Å². The maximum absolute atomic E-state index is 12.7. The summed E-state index contributed by atoms with van der Waals surface area (Å²) in [6.07, 6.45) is 1.21. The molecule has 0 spiro atoms. The van der Waals surface area contributed by atoms with E-state index >= 15 is 0 Å². The van der Waals surface area contributed by atoms with Crippen LogP contribution in [0, 0.1) is 10.1 Å². The monoisotopic (exact) mass is 365 g/mol. The van der Waals surface area contributed by atoms with Gasteiger partial charge in [0.1, 0.15) is 11.5 Å². The van der Waals surface area contributed by atoms with Gasteiger partial charge in [-0.1, -0.05) is 24.3 Å². The van der Waals surface area contributed by atoms with Gasteiger partial charge in [-0.2, -0.15) is 0 Å². The number of nitrogens with one attached hydrogen (secondary N) is 2. The first-order chi connectivity index (χ1) is 13.0. The molecule has 0 saturated heterocycles. The number of carbonyl (C=O) groups excluding carboxylic acids is 2. The van der Waals surface area contributed by atoms with Gasteiger partial charge in [-0.15, -0.1) is 0 Å². The normalized spacial score (nSPS) is 15.1. The van der Waals surface area contributed by atoms with Crippen LogP contribution in [0.3, 0.4) is 0 Å². The van der Waals surface area contributed by atoms with Gasteiger partial charge in [0.25, 0.3) is 17.5 Å². The SMILES string of the molecule is CC1=N/C(=C\NC(=O)c2ccccc2)C(=O)N(c2cccc([N+](=O)[O-])c2)N1. The number of hydrogen-bond acceptors (Lipinski definition) is 6. The molecule has 1 aliphatic rings. The van der Waals surface area contributed by atoms with Crippen LogP contribution in [0.25, 0.3) is 0 Å². The summed E-state index contributed by atoms with van der Waals surface area (Å²) in [7, 11) is 0. The first-order valence-corrected chi connectivity index (χ1v) is 7.92. The molecule has 2 aromatic rings. The van der Waals surface area contributed by atoms with E-state index in [1.165, 1.54) is 24.4 Å². The Balaban J connectivity index is 1.84. The molecule has 2 amide bonds. The minimum absolute atomic E-state index is 0.0120. The summed E-state index contributed by atoms with van der Waals surface area (Å²) in [5, 5.41) is 14.6. The van der Waals surface area contributed by atoms with Crippen molar-refractivity contribution >= 4 is 29.0 Å². The molecule has 1 aliphatic heterocycles. The lowest BCUT2D eigenvalue weighted by Crippen LogP contribution is -2.49. The maximum Gasteiger partial charge on any atom is 0.297 e. The van der Waals surface area contributed by atoms with Crippen LogP contribution in [0.1, 0.15) is 17.3 Å². The molecular formula is C18H15N5O4. The number of hydrogen-bond donors (Lipinski definition) is 2. The molecule has 9 nitrogen and oxygen atoms in total. The van der Waals surface area contributed by atoms with Crippen LogP contribution in [-0.2, 0) is 4.79 Å². The standard InChI is InChI=1S/C18H15N5O4/c1-12-20-16(11-19-17(24)13-6-3-2-4-7-13)18(25)22(21-12)14-8-5-9-15(10-14)23(26)27/h2-11H,1H3,(H,19,24)(H,20,21)/b16-11-. The molecule has 1 heterocycles. The summed E-state index contributed by atoms with van der Waals surface area (Å²) in [6, 6.07) is 14.1. The molecule has 0 bridgehead atoms. The molecule has 2 N–H and O–H groups in total. The van der Waals surface area contributed by atoms with Crippen molar-refractivity contribution < 1.29 is 14.5 Å². The predicted octanol–water partition coefficient (Wildman–Crippen LogP) is 2.14. The summed E-state index contributed by atoms with van der Waals surface area (Å²) in [6.45, 7) is 1.63. The summed E-state index contributed by atoms with van der Waals surface area (Å²) in [5.74, 6) is -0.556. The first-order valence-electron chi connectivity index (χ1n) is 7.92. The average molecular weight is 365 g/mol. The Morgan fingerprint density at radius 2 is 1.96 bits per heavy atom. The number of non-ortho nitro benzene ring substituents is 1. The maximum atomic E-state index is 12.7. The molecule has 0 aliphatic carbocycles. The third-order valence-corrected chi connectivity index (χ3v) is 3.66. The molecule has 0 saturated carbocycles. The molecule has 0 aromatic heterocycles. The summed E-state index contributed by atoms with van der Waals surface area (Å²) in [4.78, 5) is 39.3. The number of carbonyl (C=O) groups is 2.